The van der Waals surface area contributed by atoms with Crippen LogP contribution in [0.2, 0.25) is 0 Å². The van der Waals surface area contributed by atoms with Gasteiger partial charge in [0.2, 0.25) is 0 Å². The van der Waals surface area contributed by atoms with E-state index in [2.05, 4.69) is 18.2 Å². The van der Waals surface area contributed by atoms with Crippen LogP contribution in [-0.4, -0.2) is 56.8 Å². The molecule has 2 unspecified atom stereocenters. The maximum atomic E-state index is 11.9. The van der Waals surface area contributed by atoms with Crippen LogP contribution in [0.3, 0.4) is 0 Å². The molecular formula is C16H34N2O4P+. The summed E-state index contributed by atoms with van der Waals surface area (Å²) in [5.74, 6) is 0.699. The molecule has 0 spiro atoms. The Hall–Kier alpha value is -0.650. The highest BCUT2D eigenvalue weighted by atomic mass is 31.2. The van der Waals surface area contributed by atoms with Gasteiger partial charge in [0.25, 0.3) is 0 Å². The van der Waals surface area contributed by atoms with Gasteiger partial charge in [0.1, 0.15) is 0 Å². The normalized spacial score (nSPS) is 15.7. The number of hydrogen-bond donors (Lipinski definition) is 2. The van der Waals surface area contributed by atoms with Gasteiger partial charge < -0.3 is 14.1 Å². The predicted octanol–water partition coefficient (Wildman–Crippen LogP) is 2.92. The lowest BCUT2D eigenvalue weighted by atomic mass is 10.2. The van der Waals surface area contributed by atoms with Gasteiger partial charge in [0.15, 0.2) is 0 Å². The third-order valence-corrected chi connectivity index (χ3v) is 4.15. The lowest BCUT2D eigenvalue weighted by molar-refractivity contribution is -0.869. The van der Waals surface area contributed by atoms with Crippen LogP contribution in [0.4, 0.5) is 0 Å². The molecule has 0 aliphatic heterocycles. The predicted molar refractivity (Wildman–Crippen MR) is 95.0 cm³/mol. The first kappa shape index (κ1) is 22.4. The summed E-state index contributed by atoms with van der Waals surface area (Å²) in [6.07, 6.45) is 1.60. The highest BCUT2D eigenvalue weighted by Gasteiger charge is 2.21. The lowest BCUT2D eigenvalue weighted by Crippen LogP contribution is -2.40. The number of nitrogens with one attached hydrogen (secondary N) is 1. The molecule has 0 aliphatic carbocycles. The molecule has 0 aromatic carbocycles. The second-order valence-electron chi connectivity index (χ2n) is 7.15. The van der Waals surface area contributed by atoms with Gasteiger partial charge in [0.05, 0.1) is 53.2 Å². The van der Waals surface area contributed by atoms with Crippen LogP contribution in [0.15, 0.2) is 24.5 Å². The number of nitrogens with zero attached hydrogens (tertiary/aromatic N) is 1. The number of likely N-dealkylation sites (N-methyl/N-ethyl adjacent to an activating group) is 1. The first-order chi connectivity index (χ1) is 10.4. The molecule has 7 heteroatoms. The molecule has 0 radical (unpaired) electrons. The van der Waals surface area contributed by atoms with Crippen LogP contribution in [0, 0.1) is 5.92 Å². The van der Waals surface area contributed by atoms with E-state index >= 15 is 0 Å². The van der Waals surface area contributed by atoms with Crippen molar-refractivity contribution in [1.29, 1.82) is 0 Å². The Morgan fingerprint density at radius 2 is 1.87 bits per heavy atom. The van der Waals surface area contributed by atoms with Crippen molar-refractivity contribution in [3.05, 3.63) is 24.5 Å². The highest BCUT2D eigenvalue weighted by molar-refractivity contribution is 7.50. The molecule has 2 N–H and O–H groups in total. The van der Waals surface area contributed by atoms with E-state index in [0.717, 1.165) is 25.0 Å². The van der Waals surface area contributed by atoms with Crippen LogP contribution in [-0.2, 0) is 13.8 Å². The second kappa shape index (κ2) is 10.3. The fraction of sp³-hybridized carbons (Fsp3) is 0.750. The van der Waals surface area contributed by atoms with E-state index in [-0.39, 0.29) is 12.5 Å². The van der Waals surface area contributed by atoms with Crippen molar-refractivity contribution < 1.29 is 23.2 Å². The number of quaternary nitrogens is 1. The van der Waals surface area contributed by atoms with Crippen molar-refractivity contribution in [2.24, 2.45) is 5.92 Å². The second-order valence-corrected chi connectivity index (χ2v) is 8.77. The maximum absolute atomic E-state index is 11.9. The Bertz CT molecular complexity index is 432. The zero-order valence-electron chi connectivity index (χ0n) is 15.3. The summed E-state index contributed by atoms with van der Waals surface area (Å²) < 4.78 is 23.2. The fourth-order valence-corrected chi connectivity index (χ4v) is 2.46. The molecule has 136 valence electrons. The monoisotopic (exact) mass is 349 g/mol. The van der Waals surface area contributed by atoms with Crippen LogP contribution in [0.5, 0.6) is 0 Å². The number of rotatable bonds is 13. The van der Waals surface area contributed by atoms with E-state index in [9.17, 15) is 9.46 Å². The summed E-state index contributed by atoms with van der Waals surface area (Å²) in [6, 6.07) is 0. The van der Waals surface area contributed by atoms with E-state index < -0.39 is 7.75 Å². The van der Waals surface area contributed by atoms with E-state index in [4.69, 9.17) is 9.26 Å². The zero-order chi connectivity index (χ0) is 18.1. The molecule has 0 amide bonds. The van der Waals surface area contributed by atoms with Crippen LogP contribution >= 0.6 is 7.75 Å². The first-order valence-electron chi connectivity index (χ1n) is 7.89. The van der Waals surface area contributed by atoms with Gasteiger partial charge in [0, 0.05) is 12.3 Å². The average Bonchev–Trinajstić information content (AvgIpc) is 2.39. The van der Waals surface area contributed by atoms with Crippen molar-refractivity contribution in [2.75, 3.05) is 47.4 Å². The maximum Gasteiger partial charge on any atom is 0.403 e. The largest absolute Gasteiger partial charge is 0.498 e. The van der Waals surface area contributed by atoms with Crippen molar-refractivity contribution in [3.63, 3.8) is 0 Å². The van der Waals surface area contributed by atoms with Gasteiger partial charge in [-0.2, -0.15) is 0 Å². The quantitative estimate of drug-likeness (QED) is 0.232. The Balaban J connectivity index is 3.93. The zero-order valence-corrected chi connectivity index (χ0v) is 16.2. The van der Waals surface area contributed by atoms with Crippen LogP contribution in [0.1, 0.15) is 26.7 Å². The molecule has 0 rings (SSSR count). The summed E-state index contributed by atoms with van der Waals surface area (Å²) in [7, 11) is 2.30. The molecule has 0 aromatic heterocycles. The summed E-state index contributed by atoms with van der Waals surface area (Å²) in [5.41, 5.74) is 1.09. The molecule has 0 heterocycles. The minimum Gasteiger partial charge on any atom is -0.498 e. The molecule has 0 bridgehead atoms. The Kier molecular flexibility index (Phi) is 9.97. The average molecular weight is 349 g/mol. The van der Waals surface area contributed by atoms with E-state index in [1.165, 1.54) is 0 Å². The van der Waals surface area contributed by atoms with Crippen molar-refractivity contribution in [3.8, 4) is 0 Å². The van der Waals surface area contributed by atoms with E-state index in [1.54, 1.807) is 0 Å². The van der Waals surface area contributed by atoms with E-state index in [1.807, 2.05) is 35.0 Å². The van der Waals surface area contributed by atoms with Crippen molar-refractivity contribution in [1.82, 2.24) is 5.09 Å². The standard InChI is InChI=1S/C16H33N2O4P/c1-14(2)8-9-16(4)21-12-15(3)13-22-23(19,20)17-10-11-18(5,6)7/h15H,1,4,8-13H2,2-3,5-7H3,(H-,17,19,20)/p+1. The number of ether oxygens (including phenoxy) is 1. The summed E-state index contributed by atoms with van der Waals surface area (Å²) >= 11 is 0. The topological polar surface area (TPSA) is 67.8 Å². The molecule has 0 fully saturated rings. The van der Waals surface area contributed by atoms with Gasteiger partial charge in [-0.25, -0.2) is 9.65 Å². The smallest absolute Gasteiger partial charge is 0.403 e. The summed E-state index contributed by atoms with van der Waals surface area (Å²) in [6.45, 7) is 13.3. The highest BCUT2D eigenvalue weighted by Crippen LogP contribution is 2.36. The summed E-state index contributed by atoms with van der Waals surface area (Å²) in [5, 5.41) is 2.57. The third kappa shape index (κ3) is 14.7. The van der Waals surface area contributed by atoms with Crippen LogP contribution < -0.4 is 5.09 Å². The Labute approximate surface area is 141 Å². The number of hydrogen-bond acceptors (Lipinski definition) is 3. The molecule has 0 saturated heterocycles. The van der Waals surface area contributed by atoms with Crippen molar-refractivity contribution >= 4 is 7.75 Å². The molecular weight excluding hydrogens is 315 g/mol. The van der Waals surface area contributed by atoms with Gasteiger partial charge in [-0.1, -0.05) is 19.1 Å². The molecule has 6 nitrogen and oxygen atoms in total. The van der Waals surface area contributed by atoms with Gasteiger partial charge in [-0.15, -0.1) is 6.58 Å². The number of allylic oxidation sites excluding steroid dienone is 2. The summed E-state index contributed by atoms with van der Waals surface area (Å²) in [4.78, 5) is 9.73. The third-order valence-electron chi connectivity index (χ3n) is 3.03. The molecule has 23 heavy (non-hydrogen) atoms. The van der Waals surface area contributed by atoms with Crippen molar-refractivity contribution in [2.45, 2.75) is 26.7 Å². The van der Waals surface area contributed by atoms with Crippen LogP contribution in [0.25, 0.3) is 0 Å². The SMILES string of the molecule is C=C(C)CCC(=C)OCC(C)COP(=O)(O)NCC[N+](C)(C)C. The molecule has 0 aromatic rings. The van der Waals surface area contributed by atoms with E-state index in [0.29, 0.717) is 23.4 Å². The Morgan fingerprint density at radius 3 is 2.39 bits per heavy atom. The molecule has 0 aliphatic rings. The molecule has 2 atom stereocenters. The van der Waals surface area contributed by atoms with Gasteiger partial charge >= 0.3 is 7.75 Å². The lowest BCUT2D eigenvalue weighted by Gasteiger charge is -2.24. The van der Waals surface area contributed by atoms with Gasteiger partial charge in [-0.05, 0) is 13.3 Å². The minimum atomic E-state index is -3.76. The molecule has 0 saturated carbocycles. The minimum absolute atomic E-state index is 0.00255. The first-order valence-corrected chi connectivity index (χ1v) is 9.47. The fourth-order valence-electron chi connectivity index (χ4n) is 1.53. The van der Waals surface area contributed by atoms with Gasteiger partial charge in [-0.3, -0.25) is 4.52 Å². The Morgan fingerprint density at radius 1 is 1.26 bits per heavy atom.